The zero-order chi connectivity index (χ0) is 22.8. The SMILES string of the molecule is O=C(c1ccc2c(c1)C(=O)N(CCc1ccccc1)C2=O)N1CCN(CC2CCCO2)CC1. The molecule has 2 saturated heterocycles. The van der Waals surface area contributed by atoms with Gasteiger partial charge in [-0.2, -0.15) is 0 Å². The normalized spacial score (nSPS) is 21.0. The molecule has 2 aromatic carbocycles. The third-order valence-corrected chi connectivity index (χ3v) is 6.83. The zero-order valence-electron chi connectivity index (χ0n) is 18.7. The summed E-state index contributed by atoms with van der Waals surface area (Å²) in [5, 5.41) is 0. The molecule has 2 fully saturated rings. The van der Waals surface area contributed by atoms with Crippen LogP contribution in [0.25, 0.3) is 0 Å². The van der Waals surface area contributed by atoms with Crippen molar-refractivity contribution in [1.82, 2.24) is 14.7 Å². The van der Waals surface area contributed by atoms with E-state index in [-0.39, 0.29) is 17.7 Å². The summed E-state index contributed by atoms with van der Waals surface area (Å²) in [6, 6.07) is 14.7. The van der Waals surface area contributed by atoms with Crippen LogP contribution in [0.5, 0.6) is 0 Å². The van der Waals surface area contributed by atoms with Crippen molar-refractivity contribution in [2.24, 2.45) is 0 Å². The van der Waals surface area contributed by atoms with Gasteiger partial charge in [0.25, 0.3) is 17.7 Å². The number of benzene rings is 2. The summed E-state index contributed by atoms with van der Waals surface area (Å²) in [7, 11) is 0. The highest BCUT2D eigenvalue weighted by Crippen LogP contribution is 2.25. The lowest BCUT2D eigenvalue weighted by atomic mass is 10.0. The molecule has 0 saturated carbocycles. The molecule has 2 aromatic rings. The highest BCUT2D eigenvalue weighted by molar-refractivity contribution is 6.22. The number of hydrogen-bond donors (Lipinski definition) is 0. The topological polar surface area (TPSA) is 70.2 Å². The van der Waals surface area contributed by atoms with Gasteiger partial charge in [0.15, 0.2) is 0 Å². The lowest BCUT2D eigenvalue weighted by Crippen LogP contribution is -2.50. The molecular weight excluding hydrogens is 418 g/mol. The number of amides is 3. The molecule has 7 heteroatoms. The fourth-order valence-electron chi connectivity index (χ4n) is 4.90. The fourth-order valence-corrected chi connectivity index (χ4v) is 4.90. The summed E-state index contributed by atoms with van der Waals surface area (Å²) >= 11 is 0. The molecule has 1 unspecified atom stereocenters. The van der Waals surface area contributed by atoms with Crippen molar-refractivity contribution >= 4 is 17.7 Å². The molecular formula is C26H29N3O4. The first-order valence-electron chi connectivity index (χ1n) is 11.8. The van der Waals surface area contributed by atoms with Gasteiger partial charge >= 0.3 is 0 Å². The fraction of sp³-hybridized carbons (Fsp3) is 0.423. The van der Waals surface area contributed by atoms with Crippen LogP contribution in [0.3, 0.4) is 0 Å². The lowest BCUT2D eigenvalue weighted by Gasteiger charge is -2.35. The molecule has 3 aliphatic rings. The molecule has 33 heavy (non-hydrogen) atoms. The Bertz CT molecular complexity index is 1040. The second-order valence-corrected chi connectivity index (χ2v) is 8.99. The number of imide groups is 1. The van der Waals surface area contributed by atoms with E-state index in [4.69, 9.17) is 4.74 Å². The van der Waals surface area contributed by atoms with Gasteiger partial charge in [-0.3, -0.25) is 24.2 Å². The average molecular weight is 448 g/mol. The molecule has 0 aliphatic carbocycles. The van der Waals surface area contributed by atoms with Gasteiger partial charge < -0.3 is 9.64 Å². The number of carbonyl (C=O) groups is 3. The second kappa shape index (κ2) is 9.45. The molecule has 0 spiro atoms. The maximum absolute atomic E-state index is 13.1. The van der Waals surface area contributed by atoms with Gasteiger partial charge in [0.1, 0.15) is 0 Å². The number of hydrogen-bond acceptors (Lipinski definition) is 5. The number of piperazine rings is 1. The smallest absolute Gasteiger partial charge is 0.261 e. The molecule has 1 atom stereocenters. The van der Waals surface area contributed by atoms with E-state index in [2.05, 4.69) is 4.90 Å². The van der Waals surface area contributed by atoms with Crippen molar-refractivity contribution in [2.45, 2.75) is 25.4 Å². The first-order chi connectivity index (χ1) is 16.1. The number of ether oxygens (including phenoxy) is 1. The quantitative estimate of drug-likeness (QED) is 0.637. The standard InChI is InChI=1S/C26H29N3O4/c30-24(28-14-12-27(13-15-28)18-21-7-4-16-33-21)20-8-9-22-23(17-20)26(32)29(25(22)31)11-10-19-5-2-1-3-6-19/h1-3,5-6,8-9,17,21H,4,7,10-16,18H2. The van der Waals surface area contributed by atoms with Crippen molar-refractivity contribution in [3.63, 3.8) is 0 Å². The van der Waals surface area contributed by atoms with Crippen LogP contribution in [-0.4, -0.2) is 84.4 Å². The Labute approximate surface area is 193 Å². The zero-order valence-corrected chi connectivity index (χ0v) is 18.7. The summed E-state index contributed by atoms with van der Waals surface area (Å²) in [4.78, 5) is 44.3. The largest absolute Gasteiger partial charge is 0.377 e. The molecule has 0 radical (unpaired) electrons. The maximum atomic E-state index is 13.1. The molecule has 3 heterocycles. The van der Waals surface area contributed by atoms with Gasteiger partial charge in [0, 0.05) is 51.4 Å². The summed E-state index contributed by atoms with van der Waals surface area (Å²) < 4.78 is 5.73. The summed E-state index contributed by atoms with van der Waals surface area (Å²) in [5.41, 5.74) is 2.25. The van der Waals surface area contributed by atoms with Gasteiger partial charge in [0.2, 0.25) is 0 Å². The minimum Gasteiger partial charge on any atom is -0.377 e. The van der Waals surface area contributed by atoms with E-state index in [0.717, 1.165) is 44.6 Å². The van der Waals surface area contributed by atoms with Crippen LogP contribution in [0, 0.1) is 0 Å². The Kier molecular flexibility index (Phi) is 6.24. The maximum Gasteiger partial charge on any atom is 0.261 e. The molecule has 3 amide bonds. The third kappa shape index (κ3) is 4.56. The molecule has 0 bridgehead atoms. The summed E-state index contributed by atoms with van der Waals surface area (Å²) in [6.45, 7) is 5.05. The first kappa shape index (κ1) is 21.8. The van der Waals surface area contributed by atoms with Crippen molar-refractivity contribution < 1.29 is 19.1 Å². The van der Waals surface area contributed by atoms with Gasteiger partial charge in [-0.15, -0.1) is 0 Å². The van der Waals surface area contributed by atoms with Gasteiger partial charge in [0.05, 0.1) is 17.2 Å². The molecule has 7 nitrogen and oxygen atoms in total. The highest BCUT2D eigenvalue weighted by Gasteiger charge is 2.36. The van der Waals surface area contributed by atoms with Crippen molar-refractivity contribution in [3.05, 3.63) is 70.8 Å². The van der Waals surface area contributed by atoms with Crippen LogP contribution in [-0.2, 0) is 11.2 Å². The van der Waals surface area contributed by atoms with E-state index in [9.17, 15) is 14.4 Å². The van der Waals surface area contributed by atoms with E-state index in [1.807, 2.05) is 35.2 Å². The van der Waals surface area contributed by atoms with E-state index >= 15 is 0 Å². The number of carbonyl (C=O) groups excluding carboxylic acids is 3. The Balaban J connectivity index is 1.21. The molecule has 172 valence electrons. The molecule has 5 rings (SSSR count). The van der Waals surface area contributed by atoms with Crippen LogP contribution in [0.4, 0.5) is 0 Å². The third-order valence-electron chi connectivity index (χ3n) is 6.83. The van der Waals surface area contributed by atoms with E-state index in [1.165, 1.54) is 4.90 Å². The van der Waals surface area contributed by atoms with Crippen LogP contribution >= 0.6 is 0 Å². The Hall–Kier alpha value is -3.03. The van der Waals surface area contributed by atoms with E-state index in [0.29, 0.717) is 48.8 Å². The van der Waals surface area contributed by atoms with Gasteiger partial charge in [-0.1, -0.05) is 30.3 Å². The second-order valence-electron chi connectivity index (χ2n) is 8.99. The van der Waals surface area contributed by atoms with E-state index < -0.39 is 0 Å². The van der Waals surface area contributed by atoms with Gasteiger partial charge in [-0.25, -0.2) is 0 Å². The van der Waals surface area contributed by atoms with Gasteiger partial charge in [-0.05, 0) is 43.0 Å². The predicted molar refractivity (Wildman–Crippen MR) is 123 cm³/mol. The average Bonchev–Trinajstić information content (AvgIpc) is 3.45. The van der Waals surface area contributed by atoms with Crippen molar-refractivity contribution in [3.8, 4) is 0 Å². The van der Waals surface area contributed by atoms with Crippen LogP contribution in [0.15, 0.2) is 48.5 Å². The highest BCUT2D eigenvalue weighted by atomic mass is 16.5. The number of nitrogens with zero attached hydrogens (tertiary/aromatic N) is 3. The summed E-state index contributed by atoms with van der Waals surface area (Å²) in [6.07, 6.45) is 3.17. The van der Waals surface area contributed by atoms with Crippen LogP contribution in [0.2, 0.25) is 0 Å². The predicted octanol–water partition coefficient (Wildman–Crippen LogP) is 2.46. The lowest BCUT2D eigenvalue weighted by molar-refractivity contribution is 0.0432. The van der Waals surface area contributed by atoms with Crippen LogP contribution in [0.1, 0.15) is 49.5 Å². The summed E-state index contributed by atoms with van der Waals surface area (Å²) in [5.74, 6) is -0.688. The van der Waals surface area contributed by atoms with Crippen LogP contribution < -0.4 is 0 Å². The number of fused-ring (bicyclic) bond motifs is 1. The Morgan fingerprint density at radius 3 is 2.42 bits per heavy atom. The number of rotatable bonds is 6. The van der Waals surface area contributed by atoms with Crippen molar-refractivity contribution in [1.29, 1.82) is 0 Å². The monoisotopic (exact) mass is 447 g/mol. The minimum atomic E-state index is -0.318. The molecule has 3 aliphatic heterocycles. The Morgan fingerprint density at radius 1 is 0.939 bits per heavy atom. The Morgan fingerprint density at radius 2 is 1.70 bits per heavy atom. The minimum absolute atomic E-state index is 0.0856. The molecule has 0 aromatic heterocycles. The molecule has 0 N–H and O–H groups in total. The van der Waals surface area contributed by atoms with E-state index in [1.54, 1.807) is 18.2 Å². The van der Waals surface area contributed by atoms with Crippen molar-refractivity contribution in [2.75, 3.05) is 45.9 Å². The first-order valence-corrected chi connectivity index (χ1v) is 11.8.